The van der Waals surface area contributed by atoms with Crippen LogP contribution in [0.25, 0.3) is 5.76 Å². The number of hydrogen-bond acceptors (Lipinski definition) is 9. The molecule has 1 aromatic heterocycles. The van der Waals surface area contributed by atoms with Crippen LogP contribution in [0.2, 0.25) is 10.0 Å². The standard InChI is InChI=1S/C25H20Cl2N2O6S.C2H4O2/c1-11-9-13(5-8-17(11)34-3)20(30)18-19(15-7-6-14(26)10-16(15)27)29(23(32)21(18)31)25-28-12(2)22(36-25)24(33)35-4;1-2(3)4/h5-10,19,30H,1-4H3;1H3,(H,3,4). The Morgan fingerprint density at radius 3 is 2.25 bits per heavy atom. The fourth-order valence-electron chi connectivity index (χ4n) is 4.00. The number of ketones is 1. The number of methoxy groups -OCH3 is 2. The SMILES string of the molecule is CC(=O)O.COC(=O)c1sc(N2C(=O)C(=O)C(=C(O)c3ccc(OC)c(C)c3)C2c2ccc(Cl)cc2Cl)nc1C. The lowest BCUT2D eigenvalue weighted by Gasteiger charge is -2.24. The first-order chi connectivity index (χ1) is 18.8. The number of aliphatic carboxylic acids is 1. The van der Waals surface area contributed by atoms with Gasteiger partial charge in [-0.05, 0) is 55.3 Å². The number of nitrogens with zero attached hydrogens (tertiary/aromatic N) is 2. The Kier molecular flexibility index (Phi) is 9.56. The fraction of sp³-hybridized carbons (Fsp3) is 0.222. The number of carbonyl (C=O) groups excluding carboxylic acids is 3. The van der Waals surface area contributed by atoms with E-state index in [9.17, 15) is 19.5 Å². The van der Waals surface area contributed by atoms with Gasteiger partial charge in [-0.3, -0.25) is 19.3 Å². The number of aromatic nitrogens is 1. The first-order valence-corrected chi connectivity index (χ1v) is 13.1. The third-order valence-electron chi connectivity index (χ3n) is 5.73. The van der Waals surface area contributed by atoms with Gasteiger partial charge in [-0.2, -0.15) is 0 Å². The number of aliphatic hydroxyl groups is 1. The summed E-state index contributed by atoms with van der Waals surface area (Å²) in [6.07, 6.45) is 0. The van der Waals surface area contributed by atoms with E-state index in [1.165, 1.54) is 20.3 Å². The number of Topliss-reactive ketones (excluding diaryl/α,β-unsaturated/α-hetero) is 1. The van der Waals surface area contributed by atoms with Crippen molar-refractivity contribution in [3.05, 3.63) is 79.3 Å². The van der Waals surface area contributed by atoms with Crippen molar-refractivity contribution >= 4 is 69.1 Å². The second kappa shape index (κ2) is 12.5. The molecule has 0 spiro atoms. The van der Waals surface area contributed by atoms with E-state index in [1.54, 1.807) is 44.2 Å². The van der Waals surface area contributed by atoms with E-state index in [-0.39, 0.29) is 26.4 Å². The molecular formula is C27H24Cl2N2O8S. The molecule has 1 atom stereocenters. The number of amides is 1. The average molecular weight is 607 g/mol. The van der Waals surface area contributed by atoms with Gasteiger partial charge in [0.2, 0.25) is 0 Å². The summed E-state index contributed by atoms with van der Waals surface area (Å²) in [7, 11) is 2.76. The Labute approximate surface area is 243 Å². The zero-order chi connectivity index (χ0) is 29.9. The minimum Gasteiger partial charge on any atom is -0.507 e. The number of aliphatic hydroxyl groups excluding tert-OH is 1. The van der Waals surface area contributed by atoms with Crippen molar-refractivity contribution in [2.45, 2.75) is 26.8 Å². The van der Waals surface area contributed by atoms with E-state index in [1.807, 2.05) is 0 Å². The number of ether oxygens (including phenoxy) is 2. The molecular weight excluding hydrogens is 583 g/mol. The van der Waals surface area contributed by atoms with E-state index >= 15 is 0 Å². The summed E-state index contributed by atoms with van der Waals surface area (Å²) >= 11 is 13.5. The monoisotopic (exact) mass is 606 g/mol. The lowest BCUT2D eigenvalue weighted by atomic mass is 9.95. The highest BCUT2D eigenvalue weighted by Crippen LogP contribution is 2.46. The number of carboxylic acid groups (broad SMARTS) is 1. The number of carboxylic acids is 1. The summed E-state index contributed by atoms with van der Waals surface area (Å²) in [5.41, 5.74) is 1.53. The van der Waals surface area contributed by atoms with Gasteiger partial charge >= 0.3 is 11.9 Å². The van der Waals surface area contributed by atoms with Crippen molar-refractivity contribution in [3.63, 3.8) is 0 Å². The Balaban J connectivity index is 0.00000103. The molecule has 13 heteroatoms. The van der Waals surface area contributed by atoms with Crippen LogP contribution in [0.1, 0.15) is 45.0 Å². The summed E-state index contributed by atoms with van der Waals surface area (Å²) in [6, 6.07) is 8.35. The molecule has 2 N–H and O–H groups in total. The molecule has 0 aliphatic carbocycles. The lowest BCUT2D eigenvalue weighted by molar-refractivity contribution is -0.134. The van der Waals surface area contributed by atoms with Crippen LogP contribution in [-0.4, -0.2) is 53.0 Å². The molecule has 2 heterocycles. The number of thiazole rings is 1. The molecule has 0 saturated carbocycles. The third kappa shape index (κ3) is 6.11. The average Bonchev–Trinajstić information content (AvgIpc) is 3.39. The summed E-state index contributed by atoms with van der Waals surface area (Å²) in [5.74, 6) is -3.10. The van der Waals surface area contributed by atoms with Crippen LogP contribution >= 0.6 is 34.5 Å². The van der Waals surface area contributed by atoms with Gasteiger partial charge in [-0.15, -0.1) is 0 Å². The van der Waals surface area contributed by atoms with Gasteiger partial charge in [0.05, 0.1) is 31.5 Å². The number of hydrogen-bond donors (Lipinski definition) is 2. The van der Waals surface area contributed by atoms with Crippen molar-refractivity contribution in [1.82, 2.24) is 4.98 Å². The van der Waals surface area contributed by atoms with Gasteiger partial charge in [0.25, 0.3) is 11.8 Å². The molecule has 1 unspecified atom stereocenters. The Hall–Kier alpha value is -3.93. The van der Waals surface area contributed by atoms with Crippen molar-refractivity contribution in [2.24, 2.45) is 0 Å². The predicted molar refractivity (Wildman–Crippen MR) is 150 cm³/mol. The molecule has 1 amide bonds. The molecule has 10 nitrogen and oxygen atoms in total. The van der Waals surface area contributed by atoms with Crippen LogP contribution in [-0.2, 0) is 19.1 Å². The highest BCUT2D eigenvalue weighted by atomic mass is 35.5. The predicted octanol–water partition coefficient (Wildman–Crippen LogP) is 5.58. The zero-order valence-corrected chi connectivity index (χ0v) is 24.3. The van der Waals surface area contributed by atoms with E-state index in [0.29, 0.717) is 27.6 Å². The Bertz CT molecular complexity index is 1550. The summed E-state index contributed by atoms with van der Waals surface area (Å²) in [5, 5.41) is 19.3. The maximum Gasteiger partial charge on any atom is 0.350 e. The van der Waals surface area contributed by atoms with Crippen LogP contribution in [0.15, 0.2) is 42.0 Å². The molecule has 3 aromatic rings. The normalized spacial score (nSPS) is 15.9. The van der Waals surface area contributed by atoms with Gasteiger partial charge in [-0.1, -0.05) is 40.6 Å². The summed E-state index contributed by atoms with van der Waals surface area (Å²) in [4.78, 5) is 53.5. The van der Waals surface area contributed by atoms with Gasteiger partial charge in [0, 0.05) is 22.5 Å². The topological polar surface area (TPSA) is 143 Å². The molecule has 0 radical (unpaired) electrons. The maximum atomic E-state index is 13.3. The maximum absolute atomic E-state index is 13.3. The molecule has 1 fully saturated rings. The van der Waals surface area contributed by atoms with E-state index < -0.39 is 29.7 Å². The minimum atomic E-state index is -1.13. The molecule has 2 aromatic carbocycles. The minimum absolute atomic E-state index is 0.0796. The van der Waals surface area contributed by atoms with Crippen molar-refractivity contribution < 1.29 is 38.9 Å². The molecule has 1 aliphatic heterocycles. The fourth-order valence-corrected chi connectivity index (χ4v) is 5.52. The zero-order valence-electron chi connectivity index (χ0n) is 21.9. The first-order valence-electron chi connectivity index (χ1n) is 11.5. The highest BCUT2D eigenvalue weighted by Gasteiger charge is 2.49. The van der Waals surface area contributed by atoms with Crippen LogP contribution in [0.5, 0.6) is 5.75 Å². The number of aryl methyl sites for hydroxylation is 2. The molecule has 40 heavy (non-hydrogen) atoms. The second-order valence-corrected chi connectivity index (χ2v) is 10.3. The number of anilines is 1. The number of esters is 1. The highest BCUT2D eigenvalue weighted by molar-refractivity contribution is 7.17. The van der Waals surface area contributed by atoms with Crippen molar-refractivity contribution in [1.29, 1.82) is 0 Å². The van der Waals surface area contributed by atoms with Crippen LogP contribution < -0.4 is 9.64 Å². The molecule has 0 bridgehead atoms. The summed E-state index contributed by atoms with van der Waals surface area (Å²) in [6.45, 7) is 4.46. The number of rotatable bonds is 5. The Morgan fingerprint density at radius 1 is 1.05 bits per heavy atom. The van der Waals surface area contributed by atoms with Gasteiger partial charge in [0.1, 0.15) is 16.4 Å². The third-order valence-corrected chi connectivity index (χ3v) is 7.43. The summed E-state index contributed by atoms with van der Waals surface area (Å²) < 4.78 is 10.1. The first kappa shape index (κ1) is 30.6. The number of carbonyl (C=O) groups is 4. The van der Waals surface area contributed by atoms with Crippen LogP contribution in [0, 0.1) is 13.8 Å². The molecule has 1 saturated heterocycles. The smallest absolute Gasteiger partial charge is 0.350 e. The van der Waals surface area contributed by atoms with Crippen molar-refractivity contribution in [3.8, 4) is 5.75 Å². The molecule has 1 aliphatic rings. The quantitative estimate of drug-likeness (QED) is 0.164. The lowest BCUT2D eigenvalue weighted by Crippen LogP contribution is -2.29. The van der Waals surface area contributed by atoms with Gasteiger partial charge in [-0.25, -0.2) is 9.78 Å². The largest absolute Gasteiger partial charge is 0.507 e. The Morgan fingerprint density at radius 2 is 1.70 bits per heavy atom. The van der Waals surface area contributed by atoms with E-state index in [2.05, 4.69) is 4.98 Å². The van der Waals surface area contributed by atoms with E-state index in [0.717, 1.165) is 28.7 Å². The second-order valence-electron chi connectivity index (χ2n) is 8.44. The van der Waals surface area contributed by atoms with Gasteiger partial charge < -0.3 is 19.7 Å². The van der Waals surface area contributed by atoms with Gasteiger partial charge in [0.15, 0.2) is 5.13 Å². The van der Waals surface area contributed by atoms with Crippen molar-refractivity contribution in [2.75, 3.05) is 19.1 Å². The molecule has 210 valence electrons. The van der Waals surface area contributed by atoms with Crippen LogP contribution in [0.3, 0.4) is 0 Å². The van der Waals surface area contributed by atoms with E-state index in [4.69, 9.17) is 42.6 Å². The van der Waals surface area contributed by atoms with Crippen LogP contribution in [0.4, 0.5) is 5.13 Å². The number of halogens is 2. The molecule has 4 rings (SSSR count). The number of benzene rings is 2.